The van der Waals surface area contributed by atoms with Gasteiger partial charge in [-0.25, -0.2) is 0 Å². The van der Waals surface area contributed by atoms with Crippen LogP contribution in [-0.4, -0.2) is 29.9 Å². The molecule has 3 heteroatoms. The van der Waals surface area contributed by atoms with Gasteiger partial charge >= 0.3 is 0 Å². The highest BCUT2D eigenvalue weighted by Crippen LogP contribution is 2.27. The summed E-state index contributed by atoms with van der Waals surface area (Å²) in [7, 11) is 0. The quantitative estimate of drug-likeness (QED) is 0.820. The lowest BCUT2D eigenvalue weighted by molar-refractivity contribution is -0.133. The van der Waals surface area contributed by atoms with Crippen molar-refractivity contribution in [3.63, 3.8) is 0 Å². The molecule has 2 N–H and O–H groups in total. The summed E-state index contributed by atoms with van der Waals surface area (Å²) in [5.74, 6) is 0.905. The lowest BCUT2D eigenvalue weighted by atomic mass is 9.84. The Kier molecular flexibility index (Phi) is 4.84. The van der Waals surface area contributed by atoms with Crippen LogP contribution in [-0.2, 0) is 4.79 Å². The van der Waals surface area contributed by atoms with E-state index in [0.29, 0.717) is 5.92 Å². The maximum atomic E-state index is 12.2. The third kappa shape index (κ3) is 3.70. The van der Waals surface area contributed by atoms with E-state index in [-0.39, 0.29) is 11.9 Å². The molecule has 0 bridgehead atoms. The zero-order valence-electron chi connectivity index (χ0n) is 10.9. The predicted octanol–water partition coefficient (Wildman–Crippen LogP) is 2.30. The summed E-state index contributed by atoms with van der Waals surface area (Å²) in [6.45, 7) is 1.86. The van der Waals surface area contributed by atoms with Gasteiger partial charge in [0.2, 0.25) is 5.91 Å². The molecule has 1 heterocycles. The number of piperidine rings is 1. The Morgan fingerprint density at radius 3 is 2.29 bits per heavy atom. The molecule has 1 saturated heterocycles. The fourth-order valence-electron chi connectivity index (χ4n) is 3.23. The first kappa shape index (κ1) is 12.9. The van der Waals surface area contributed by atoms with Crippen molar-refractivity contribution in [2.45, 2.75) is 63.8 Å². The minimum absolute atomic E-state index is 0.204. The van der Waals surface area contributed by atoms with Gasteiger partial charge in [-0.1, -0.05) is 32.1 Å². The Bertz CT molecular complexity index is 243. The molecule has 0 aromatic heterocycles. The van der Waals surface area contributed by atoms with Gasteiger partial charge in [0.05, 0.1) is 6.04 Å². The lowest BCUT2D eigenvalue weighted by Gasteiger charge is -2.31. The summed E-state index contributed by atoms with van der Waals surface area (Å²) in [5, 5.41) is 0. The second kappa shape index (κ2) is 6.39. The van der Waals surface area contributed by atoms with Crippen LogP contribution < -0.4 is 5.73 Å². The molecule has 3 nitrogen and oxygen atoms in total. The van der Waals surface area contributed by atoms with Crippen molar-refractivity contribution in [3.8, 4) is 0 Å². The molecule has 2 aliphatic rings. The lowest BCUT2D eigenvalue weighted by Crippen LogP contribution is -2.46. The Morgan fingerprint density at radius 2 is 1.65 bits per heavy atom. The van der Waals surface area contributed by atoms with Crippen LogP contribution in [0.3, 0.4) is 0 Å². The van der Waals surface area contributed by atoms with E-state index in [1.807, 2.05) is 4.90 Å². The van der Waals surface area contributed by atoms with E-state index < -0.39 is 0 Å². The standard InChI is InChI=1S/C14H26N2O/c15-13(11-12-7-3-1-4-8-12)14(17)16-9-5-2-6-10-16/h12-13H,1-11,15H2/t13-/m0/s1. The monoisotopic (exact) mass is 238 g/mol. The number of hydrogen-bond donors (Lipinski definition) is 1. The van der Waals surface area contributed by atoms with Gasteiger partial charge in [-0.15, -0.1) is 0 Å². The van der Waals surface area contributed by atoms with Crippen molar-refractivity contribution in [1.82, 2.24) is 4.90 Å². The van der Waals surface area contributed by atoms with Crippen molar-refractivity contribution in [2.75, 3.05) is 13.1 Å². The molecule has 98 valence electrons. The van der Waals surface area contributed by atoms with E-state index in [1.54, 1.807) is 0 Å². The molecular weight excluding hydrogens is 212 g/mol. The Labute approximate surface area is 105 Å². The highest BCUT2D eigenvalue weighted by atomic mass is 16.2. The first-order chi connectivity index (χ1) is 8.27. The molecule has 17 heavy (non-hydrogen) atoms. The molecule has 2 fully saturated rings. The molecule has 2 rings (SSSR count). The Hall–Kier alpha value is -0.570. The first-order valence-corrected chi connectivity index (χ1v) is 7.32. The summed E-state index contributed by atoms with van der Waals surface area (Å²) in [4.78, 5) is 14.2. The fraction of sp³-hybridized carbons (Fsp3) is 0.929. The third-order valence-corrected chi connectivity index (χ3v) is 4.30. The van der Waals surface area contributed by atoms with Crippen LogP contribution in [0.15, 0.2) is 0 Å². The zero-order chi connectivity index (χ0) is 12.1. The van der Waals surface area contributed by atoms with Gasteiger partial charge in [0, 0.05) is 13.1 Å². The average Bonchev–Trinajstić information content (AvgIpc) is 2.40. The van der Waals surface area contributed by atoms with E-state index in [9.17, 15) is 4.79 Å². The van der Waals surface area contributed by atoms with Crippen LogP contribution in [0.2, 0.25) is 0 Å². The number of carbonyl (C=O) groups excluding carboxylic acids is 1. The smallest absolute Gasteiger partial charge is 0.239 e. The highest BCUT2D eigenvalue weighted by molar-refractivity contribution is 5.81. The third-order valence-electron chi connectivity index (χ3n) is 4.30. The van der Waals surface area contributed by atoms with E-state index >= 15 is 0 Å². The molecular formula is C14H26N2O. The van der Waals surface area contributed by atoms with Crippen LogP contribution in [0.4, 0.5) is 0 Å². The topological polar surface area (TPSA) is 46.3 Å². The molecule has 0 aromatic rings. The zero-order valence-corrected chi connectivity index (χ0v) is 10.9. The number of likely N-dealkylation sites (tertiary alicyclic amines) is 1. The summed E-state index contributed by atoms with van der Waals surface area (Å²) >= 11 is 0. The fourth-order valence-corrected chi connectivity index (χ4v) is 3.23. The van der Waals surface area contributed by atoms with Gasteiger partial charge in [0.1, 0.15) is 0 Å². The number of rotatable bonds is 3. The predicted molar refractivity (Wildman–Crippen MR) is 69.6 cm³/mol. The molecule has 1 amide bonds. The van der Waals surface area contributed by atoms with Crippen LogP contribution in [0.25, 0.3) is 0 Å². The highest BCUT2D eigenvalue weighted by Gasteiger charge is 2.25. The number of nitrogens with two attached hydrogens (primary N) is 1. The molecule has 0 aromatic carbocycles. The van der Waals surface area contributed by atoms with Gasteiger partial charge < -0.3 is 10.6 Å². The maximum absolute atomic E-state index is 12.2. The van der Waals surface area contributed by atoms with Crippen molar-refractivity contribution in [1.29, 1.82) is 0 Å². The van der Waals surface area contributed by atoms with Gasteiger partial charge in [-0.05, 0) is 31.6 Å². The molecule has 0 spiro atoms. The maximum Gasteiger partial charge on any atom is 0.239 e. The van der Waals surface area contributed by atoms with Crippen molar-refractivity contribution < 1.29 is 4.79 Å². The minimum Gasteiger partial charge on any atom is -0.341 e. The van der Waals surface area contributed by atoms with Crippen LogP contribution in [0.1, 0.15) is 57.8 Å². The van der Waals surface area contributed by atoms with Crippen LogP contribution in [0, 0.1) is 5.92 Å². The number of hydrogen-bond acceptors (Lipinski definition) is 2. The van der Waals surface area contributed by atoms with Crippen LogP contribution in [0.5, 0.6) is 0 Å². The number of carbonyl (C=O) groups is 1. The van der Waals surface area contributed by atoms with E-state index in [2.05, 4.69) is 0 Å². The summed E-state index contributed by atoms with van der Waals surface area (Å²) in [6, 6.07) is -0.240. The van der Waals surface area contributed by atoms with Gasteiger partial charge in [-0.3, -0.25) is 4.79 Å². The largest absolute Gasteiger partial charge is 0.341 e. The summed E-state index contributed by atoms with van der Waals surface area (Å²) in [5.41, 5.74) is 6.09. The second-order valence-corrected chi connectivity index (χ2v) is 5.73. The van der Waals surface area contributed by atoms with Crippen LogP contribution >= 0.6 is 0 Å². The SMILES string of the molecule is N[C@@H](CC1CCCCC1)C(=O)N1CCCCC1. The second-order valence-electron chi connectivity index (χ2n) is 5.73. The van der Waals surface area contributed by atoms with Gasteiger partial charge in [-0.2, -0.15) is 0 Å². The average molecular weight is 238 g/mol. The van der Waals surface area contributed by atoms with Crippen molar-refractivity contribution in [2.24, 2.45) is 11.7 Å². The molecule has 1 atom stereocenters. The van der Waals surface area contributed by atoms with E-state index in [1.165, 1.54) is 38.5 Å². The van der Waals surface area contributed by atoms with Gasteiger partial charge in [0.15, 0.2) is 0 Å². The Balaban J connectivity index is 1.77. The minimum atomic E-state index is -0.240. The molecule has 0 radical (unpaired) electrons. The normalized spacial score (nSPS) is 24.6. The molecule has 1 aliphatic carbocycles. The molecule has 1 aliphatic heterocycles. The number of nitrogens with zero attached hydrogens (tertiary/aromatic N) is 1. The number of amides is 1. The van der Waals surface area contributed by atoms with E-state index in [4.69, 9.17) is 5.73 Å². The molecule has 1 saturated carbocycles. The summed E-state index contributed by atoms with van der Waals surface area (Å²) in [6.07, 6.45) is 11.1. The Morgan fingerprint density at radius 1 is 1.06 bits per heavy atom. The van der Waals surface area contributed by atoms with Crippen molar-refractivity contribution >= 4 is 5.91 Å². The molecule has 0 unspecified atom stereocenters. The van der Waals surface area contributed by atoms with Gasteiger partial charge in [0.25, 0.3) is 0 Å². The summed E-state index contributed by atoms with van der Waals surface area (Å²) < 4.78 is 0. The van der Waals surface area contributed by atoms with Crippen molar-refractivity contribution in [3.05, 3.63) is 0 Å². The van der Waals surface area contributed by atoms with E-state index in [0.717, 1.165) is 32.4 Å². The first-order valence-electron chi connectivity index (χ1n) is 7.32.